The molecule has 88 valence electrons. The molecule has 0 unspecified atom stereocenters. The lowest BCUT2D eigenvalue weighted by Crippen LogP contribution is -2.36. The molecule has 4 heteroatoms. The first-order valence-corrected chi connectivity index (χ1v) is 6.04. The van der Waals surface area contributed by atoms with Crippen LogP contribution in [0.5, 0.6) is 0 Å². The van der Waals surface area contributed by atoms with Crippen LogP contribution in [0, 0.1) is 0 Å². The molecule has 2 rings (SSSR count). The molecule has 0 atom stereocenters. The fourth-order valence-electron chi connectivity index (χ4n) is 2.06. The molecule has 2 heterocycles. The van der Waals surface area contributed by atoms with E-state index in [1.807, 2.05) is 0 Å². The molecule has 1 aromatic rings. The lowest BCUT2D eigenvalue weighted by atomic mass is 10.1. The van der Waals surface area contributed by atoms with Gasteiger partial charge in [-0.25, -0.2) is 0 Å². The molecule has 0 radical (unpaired) electrons. The standard InChI is InChI=1S/C12H20N4/c1-4-13-12-7-10-8-16(9(2)3)6-5-11(10)14-15-12/h7,9H,4-6,8H2,1-3H3,(H,13,15). The Bertz CT molecular complexity index is 362. The fourth-order valence-corrected chi connectivity index (χ4v) is 2.06. The van der Waals surface area contributed by atoms with Crippen molar-refractivity contribution >= 4 is 5.82 Å². The van der Waals surface area contributed by atoms with Crippen LogP contribution in [-0.2, 0) is 13.0 Å². The van der Waals surface area contributed by atoms with Crippen LogP contribution in [0.25, 0.3) is 0 Å². The SMILES string of the molecule is CCNc1cc2c(nn1)CCN(C(C)C)C2. The van der Waals surface area contributed by atoms with Gasteiger partial charge >= 0.3 is 0 Å². The van der Waals surface area contributed by atoms with Crippen molar-refractivity contribution in [2.45, 2.75) is 39.8 Å². The first kappa shape index (κ1) is 11.3. The molecule has 1 aromatic heterocycles. The van der Waals surface area contributed by atoms with Crippen LogP contribution in [0.3, 0.4) is 0 Å². The number of fused-ring (bicyclic) bond motifs is 1. The van der Waals surface area contributed by atoms with Crippen molar-refractivity contribution in [3.8, 4) is 0 Å². The molecule has 0 saturated heterocycles. The van der Waals surface area contributed by atoms with Crippen molar-refractivity contribution in [2.75, 3.05) is 18.4 Å². The molecule has 0 bridgehead atoms. The lowest BCUT2D eigenvalue weighted by molar-refractivity contribution is 0.201. The molecular formula is C12H20N4. The van der Waals surface area contributed by atoms with E-state index in [1.54, 1.807) is 0 Å². The van der Waals surface area contributed by atoms with E-state index in [9.17, 15) is 0 Å². The fraction of sp³-hybridized carbons (Fsp3) is 0.667. The average Bonchev–Trinajstić information content (AvgIpc) is 2.28. The van der Waals surface area contributed by atoms with Gasteiger partial charge in [0.2, 0.25) is 0 Å². The minimum atomic E-state index is 0.601. The van der Waals surface area contributed by atoms with Gasteiger partial charge in [-0.1, -0.05) is 0 Å². The van der Waals surface area contributed by atoms with Gasteiger partial charge in [0, 0.05) is 32.1 Å². The Morgan fingerprint density at radius 2 is 2.25 bits per heavy atom. The van der Waals surface area contributed by atoms with E-state index < -0.39 is 0 Å². The summed E-state index contributed by atoms with van der Waals surface area (Å²) >= 11 is 0. The third-order valence-corrected chi connectivity index (χ3v) is 3.06. The Hall–Kier alpha value is -1.16. The summed E-state index contributed by atoms with van der Waals surface area (Å²) in [5.41, 5.74) is 2.49. The molecule has 0 fully saturated rings. The minimum Gasteiger partial charge on any atom is -0.369 e. The average molecular weight is 220 g/mol. The van der Waals surface area contributed by atoms with Crippen LogP contribution in [-0.4, -0.2) is 34.2 Å². The highest BCUT2D eigenvalue weighted by Crippen LogP contribution is 2.20. The second-order valence-electron chi connectivity index (χ2n) is 4.55. The quantitative estimate of drug-likeness (QED) is 0.841. The minimum absolute atomic E-state index is 0.601. The molecule has 1 aliphatic heterocycles. The second kappa shape index (κ2) is 4.78. The van der Waals surface area contributed by atoms with Crippen molar-refractivity contribution in [1.82, 2.24) is 15.1 Å². The van der Waals surface area contributed by atoms with Crippen LogP contribution in [0.15, 0.2) is 6.07 Å². The third-order valence-electron chi connectivity index (χ3n) is 3.06. The van der Waals surface area contributed by atoms with E-state index in [2.05, 4.69) is 47.3 Å². The number of rotatable bonds is 3. The molecule has 0 spiro atoms. The number of aromatic nitrogens is 2. The van der Waals surface area contributed by atoms with E-state index in [1.165, 1.54) is 11.3 Å². The Balaban J connectivity index is 2.18. The van der Waals surface area contributed by atoms with Gasteiger partial charge in [-0.15, -0.1) is 5.10 Å². The Labute approximate surface area is 97.1 Å². The second-order valence-corrected chi connectivity index (χ2v) is 4.55. The van der Waals surface area contributed by atoms with Crippen molar-refractivity contribution < 1.29 is 0 Å². The number of nitrogens with zero attached hydrogens (tertiary/aromatic N) is 3. The van der Waals surface area contributed by atoms with Gasteiger partial charge in [0.25, 0.3) is 0 Å². The molecule has 0 aromatic carbocycles. The lowest BCUT2D eigenvalue weighted by Gasteiger charge is -2.31. The summed E-state index contributed by atoms with van der Waals surface area (Å²) in [6, 6.07) is 2.74. The van der Waals surface area contributed by atoms with Gasteiger partial charge in [-0.05, 0) is 32.4 Å². The molecule has 0 saturated carbocycles. The normalized spacial score (nSPS) is 16.2. The van der Waals surface area contributed by atoms with Crippen molar-refractivity contribution in [1.29, 1.82) is 0 Å². The Morgan fingerprint density at radius 1 is 1.44 bits per heavy atom. The first-order valence-electron chi connectivity index (χ1n) is 6.04. The number of hydrogen-bond acceptors (Lipinski definition) is 4. The van der Waals surface area contributed by atoms with Crippen LogP contribution in [0.1, 0.15) is 32.0 Å². The number of anilines is 1. The summed E-state index contributed by atoms with van der Waals surface area (Å²) in [6.07, 6.45) is 1.02. The Morgan fingerprint density at radius 3 is 2.94 bits per heavy atom. The number of nitrogens with one attached hydrogen (secondary N) is 1. The predicted octanol–water partition coefficient (Wildman–Crippen LogP) is 1.67. The van der Waals surface area contributed by atoms with Gasteiger partial charge in [0.05, 0.1) is 5.69 Å². The van der Waals surface area contributed by atoms with Crippen LogP contribution in [0.4, 0.5) is 5.82 Å². The molecule has 0 aliphatic carbocycles. The maximum Gasteiger partial charge on any atom is 0.148 e. The third kappa shape index (κ3) is 2.32. The zero-order chi connectivity index (χ0) is 11.5. The van der Waals surface area contributed by atoms with E-state index >= 15 is 0 Å². The zero-order valence-corrected chi connectivity index (χ0v) is 10.3. The summed E-state index contributed by atoms with van der Waals surface area (Å²) in [5.74, 6) is 0.895. The maximum absolute atomic E-state index is 4.29. The van der Waals surface area contributed by atoms with E-state index in [0.29, 0.717) is 6.04 Å². The van der Waals surface area contributed by atoms with Gasteiger partial charge < -0.3 is 5.32 Å². The highest BCUT2D eigenvalue weighted by atomic mass is 15.2. The van der Waals surface area contributed by atoms with Crippen molar-refractivity contribution in [3.63, 3.8) is 0 Å². The van der Waals surface area contributed by atoms with Crippen molar-refractivity contribution in [2.24, 2.45) is 0 Å². The van der Waals surface area contributed by atoms with E-state index in [4.69, 9.17) is 0 Å². The monoisotopic (exact) mass is 220 g/mol. The molecular weight excluding hydrogens is 200 g/mol. The first-order chi connectivity index (χ1) is 7.70. The summed E-state index contributed by atoms with van der Waals surface area (Å²) in [5, 5.41) is 11.7. The van der Waals surface area contributed by atoms with Crippen LogP contribution in [0.2, 0.25) is 0 Å². The topological polar surface area (TPSA) is 41.1 Å². The highest BCUT2D eigenvalue weighted by Gasteiger charge is 2.19. The van der Waals surface area contributed by atoms with Gasteiger partial charge in [0.15, 0.2) is 0 Å². The summed E-state index contributed by atoms with van der Waals surface area (Å²) in [6.45, 7) is 9.54. The van der Waals surface area contributed by atoms with Gasteiger partial charge in [-0.2, -0.15) is 5.10 Å². The zero-order valence-electron chi connectivity index (χ0n) is 10.3. The van der Waals surface area contributed by atoms with Crippen LogP contribution < -0.4 is 5.32 Å². The van der Waals surface area contributed by atoms with Crippen molar-refractivity contribution in [3.05, 3.63) is 17.3 Å². The molecule has 16 heavy (non-hydrogen) atoms. The Kier molecular flexibility index (Phi) is 3.39. The van der Waals surface area contributed by atoms with Gasteiger partial charge in [0.1, 0.15) is 5.82 Å². The van der Waals surface area contributed by atoms with Crippen LogP contribution >= 0.6 is 0 Å². The van der Waals surface area contributed by atoms with Gasteiger partial charge in [-0.3, -0.25) is 4.90 Å². The summed E-state index contributed by atoms with van der Waals surface area (Å²) in [4.78, 5) is 2.47. The molecule has 4 nitrogen and oxygen atoms in total. The smallest absolute Gasteiger partial charge is 0.148 e. The number of hydrogen-bond donors (Lipinski definition) is 1. The summed E-state index contributed by atoms with van der Waals surface area (Å²) in [7, 11) is 0. The maximum atomic E-state index is 4.29. The predicted molar refractivity (Wildman–Crippen MR) is 65.4 cm³/mol. The van der Waals surface area contributed by atoms with E-state index in [0.717, 1.165) is 31.9 Å². The molecule has 0 amide bonds. The molecule has 1 aliphatic rings. The van der Waals surface area contributed by atoms with E-state index in [-0.39, 0.29) is 0 Å². The highest BCUT2D eigenvalue weighted by molar-refractivity contribution is 5.38. The summed E-state index contributed by atoms with van der Waals surface area (Å²) < 4.78 is 0. The molecule has 1 N–H and O–H groups in total. The largest absolute Gasteiger partial charge is 0.369 e.